The molecule has 1 N–H and O–H groups in total. The standard InChI is InChI=1S/C22H23ClN2O3/c1-5-27-20-12-21(28-6-2)18(23)11-16(20)10-17(13-24)22(26)25-19-8-7-14(3)9-15(19)4/h7-12H,5-6H2,1-4H3,(H,25,26)/b17-10+. The van der Waals surface area contributed by atoms with Crippen molar-refractivity contribution in [2.24, 2.45) is 0 Å². The molecule has 28 heavy (non-hydrogen) atoms. The van der Waals surface area contributed by atoms with Gasteiger partial charge in [-0.15, -0.1) is 0 Å². The number of carbonyl (C=O) groups excluding carboxylic acids is 1. The molecule has 0 spiro atoms. The van der Waals surface area contributed by atoms with Crippen LogP contribution in [0.15, 0.2) is 35.9 Å². The van der Waals surface area contributed by atoms with Gasteiger partial charge < -0.3 is 14.8 Å². The van der Waals surface area contributed by atoms with Crippen LogP contribution in [0.2, 0.25) is 5.02 Å². The number of amides is 1. The number of benzene rings is 2. The molecule has 0 aliphatic rings. The number of halogens is 1. The van der Waals surface area contributed by atoms with Crippen LogP contribution in [0.25, 0.3) is 6.08 Å². The van der Waals surface area contributed by atoms with Crippen molar-refractivity contribution in [3.05, 3.63) is 57.6 Å². The number of rotatable bonds is 7. The van der Waals surface area contributed by atoms with Crippen molar-refractivity contribution in [3.63, 3.8) is 0 Å². The third-order valence-corrected chi connectivity index (χ3v) is 4.25. The molecule has 1 amide bonds. The number of anilines is 1. The molecule has 0 fully saturated rings. The molecule has 0 unspecified atom stereocenters. The number of nitrogens with one attached hydrogen (secondary N) is 1. The number of aryl methyl sites for hydroxylation is 2. The van der Waals surface area contributed by atoms with Gasteiger partial charge in [0.25, 0.3) is 5.91 Å². The van der Waals surface area contributed by atoms with E-state index in [1.54, 1.807) is 12.1 Å². The molecular weight excluding hydrogens is 376 g/mol. The summed E-state index contributed by atoms with van der Waals surface area (Å²) in [7, 11) is 0. The SMILES string of the molecule is CCOc1cc(OCC)c(/C=C(\C#N)C(=O)Nc2ccc(C)cc2C)cc1Cl. The van der Waals surface area contributed by atoms with Crippen molar-refractivity contribution >= 4 is 29.3 Å². The van der Waals surface area contributed by atoms with Gasteiger partial charge >= 0.3 is 0 Å². The summed E-state index contributed by atoms with van der Waals surface area (Å²) in [5, 5.41) is 12.7. The first kappa shape index (κ1) is 21.3. The first-order chi connectivity index (χ1) is 13.4. The van der Waals surface area contributed by atoms with Gasteiger partial charge in [0.15, 0.2) is 0 Å². The summed E-state index contributed by atoms with van der Waals surface area (Å²) in [6.45, 7) is 8.46. The largest absolute Gasteiger partial charge is 0.493 e. The van der Waals surface area contributed by atoms with Crippen molar-refractivity contribution in [2.45, 2.75) is 27.7 Å². The van der Waals surface area contributed by atoms with Crippen LogP contribution in [-0.4, -0.2) is 19.1 Å². The number of ether oxygens (including phenoxy) is 2. The first-order valence-corrected chi connectivity index (χ1v) is 9.36. The van der Waals surface area contributed by atoms with E-state index in [1.807, 2.05) is 52.0 Å². The summed E-state index contributed by atoms with van der Waals surface area (Å²) in [4.78, 5) is 12.6. The van der Waals surface area contributed by atoms with Gasteiger partial charge in [0.1, 0.15) is 23.1 Å². The number of hydrogen-bond donors (Lipinski definition) is 1. The van der Waals surface area contributed by atoms with Crippen molar-refractivity contribution < 1.29 is 14.3 Å². The molecule has 5 nitrogen and oxygen atoms in total. The smallest absolute Gasteiger partial charge is 0.266 e. The van der Waals surface area contributed by atoms with Gasteiger partial charge in [-0.2, -0.15) is 5.26 Å². The van der Waals surface area contributed by atoms with Crippen LogP contribution in [0, 0.1) is 25.2 Å². The Balaban J connectivity index is 2.38. The highest BCUT2D eigenvalue weighted by atomic mass is 35.5. The Morgan fingerprint density at radius 1 is 1.14 bits per heavy atom. The minimum atomic E-state index is -0.498. The molecule has 2 rings (SSSR count). The maximum absolute atomic E-state index is 12.6. The Hall–Kier alpha value is -2.97. The lowest BCUT2D eigenvalue weighted by Gasteiger charge is -2.13. The Morgan fingerprint density at radius 3 is 2.43 bits per heavy atom. The minimum absolute atomic E-state index is 0.0545. The highest BCUT2D eigenvalue weighted by Gasteiger charge is 2.15. The van der Waals surface area contributed by atoms with E-state index in [1.165, 1.54) is 6.08 Å². The molecule has 0 heterocycles. The Kier molecular flexibility index (Phi) is 7.48. The van der Waals surface area contributed by atoms with Crippen LogP contribution in [0.3, 0.4) is 0 Å². The van der Waals surface area contributed by atoms with Crippen molar-refractivity contribution in [1.29, 1.82) is 5.26 Å². The van der Waals surface area contributed by atoms with Crippen LogP contribution in [-0.2, 0) is 4.79 Å². The lowest BCUT2D eigenvalue weighted by atomic mass is 10.1. The minimum Gasteiger partial charge on any atom is -0.493 e. The molecule has 2 aromatic carbocycles. The lowest BCUT2D eigenvalue weighted by Crippen LogP contribution is -2.14. The van der Waals surface area contributed by atoms with E-state index in [4.69, 9.17) is 21.1 Å². The highest BCUT2D eigenvalue weighted by molar-refractivity contribution is 6.32. The summed E-state index contributed by atoms with van der Waals surface area (Å²) in [6.07, 6.45) is 1.46. The molecule has 0 bridgehead atoms. The fraction of sp³-hybridized carbons (Fsp3) is 0.273. The Morgan fingerprint density at radius 2 is 1.82 bits per heavy atom. The third-order valence-electron chi connectivity index (χ3n) is 3.96. The van der Waals surface area contributed by atoms with Gasteiger partial charge in [0.05, 0.1) is 18.2 Å². The normalized spacial score (nSPS) is 10.9. The van der Waals surface area contributed by atoms with E-state index in [0.717, 1.165) is 11.1 Å². The quantitative estimate of drug-likeness (QED) is 0.507. The summed E-state index contributed by atoms with van der Waals surface area (Å²) in [6, 6.07) is 10.9. The molecule has 0 saturated carbocycles. The van der Waals surface area contributed by atoms with Crippen molar-refractivity contribution in [1.82, 2.24) is 0 Å². The highest BCUT2D eigenvalue weighted by Crippen LogP contribution is 2.34. The second-order valence-corrected chi connectivity index (χ2v) is 6.54. The molecule has 0 atom stereocenters. The second-order valence-electron chi connectivity index (χ2n) is 6.13. The number of nitrogens with zero attached hydrogens (tertiary/aromatic N) is 1. The van der Waals surface area contributed by atoms with Gasteiger partial charge in [0.2, 0.25) is 0 Å². The van der Waals surface area contributed by atoms with Crippen LogP contribution in [0.5, 0.6) is 11.5 Å². The summed E-state index contributed by atoms with van der Waals surface area (Å²) in [5.74, 6) is 0.479. The zero-order valence-electron chi connectivity index (χ0n) is 16.4. The number of nitriles is 1. The zero-order valence-corrected chi connectivity index (χ0v) is 17.2. The van der Waals surface area contributed by atoms with Crippen LogP contribution in [0.4, 0.5) is 5.69 Å². The van der Waals surface area contributed by atoms with Crippen LogP contribution in [0.1, 0.15) is 30.5 Å². The maximum atomic E-state index is 12.6. The Labute approximate surface area is 170 Å². The molecular formula is C22H23ClN2O3. The van der Waals surface area contributed by atoms with E-state index in [0.29, 0.717) is 41.0 Å². The second kappa shape index (κ2) is 9.82. The average molecular weight is 399 g/mol. The van der Waals surface area contributed by atoms with Crippen LogP contribution < -0.4 is 14.8 Å². The van der Waals surface area contributed by atoms with Gasteiger partial charge in [-0.1, -0.05) is 29.3 Å². The predicted molar refractivity (Wildman–Crippen MR) is 112 cm³/mol. The lowest BCUT2D eigenvalue weighted by molar-refractivity contribution is -0.112. The first-order valence-electron chi connectivity index (χ1n) is 8.99. The molecule has 0 aromatic heterocycles. The van der Waals surface area contributed by atoms with Gasteiger partial charge in [0, 0.05) is 17.3 Å². The topological polar surface area (TPSA) is 71.3 Å². The zero-order chi connectivity index (χ0) is 20.7. The molecule has 0 saturated heterocycles. The van der Waals surface area contributed by atoms with E-state index in [2.05, 4.69) is 5.32 Å². The van der Waals surface area contributed by atoms with Crippen molar-refractivity contribution in [3.8, 4) is 17.6 Å². The van der Waals surface area contributed by atoms with E-state index >= 15 is 0 Å². The fourth-order valence-corrected chi connectivity index (χ4v) is 2.88. The van der Waals surface area contributed by atoms with E-state index < -0.39 is 5.91 Å². The summed E-state index contributed by atoms with van der Waals surface area (Å²) in [5.41, 5.74) is 3.15. The molecule has 0 radical (unpaired) electrons. The Bertz CT molecular complexity index is 946. The molecule has 0 aliphatic carbocycles. The summed E-state index contributed by atoms with van der Waals surface area (Å²) < 4.78 is 11.1. The fourth-order valence-electron chi connectivity index (χ4n) is 2.66. The summed E-state index contributed by atoms with van der Waals surface area (Å²) >= 11 is 6.26. The third kappa shape index (κ3) is 5.28. The van der Waals surface area contributed by atoms with Gasteiger partial charge in [-0.05, 0) is 51.5 Å². The van der Waals surface area contributed by atoms with Gasteiger partial charge in [-0.25, -0.2) is 0 Å². The predicted octanol–water partition coefficient (Wildman–Crippen LogP) is 5.30. The van der Waals surface area contributed by atoms with Gasteiger partial charge in [-0.3, -0.25) is 4.79 Å². The molecule has 2 aromatic rings. The number of hydrogen-bond acceptors (Lipinski definition) is 4. The van der Waals surface area contributed by atoms with Crippen LogP contribution >= 0.6 is 11.6 Å². The molecule has 146 valence electrons. The number of carbonyl (C=O) groups is 1. The molecule has 6 heteroatoms. The average Bonchev–Trinajstić information content (AvgIpc) is 2.65. The van der Waals surface area contributed by atoms with E-state index in [9.17, 15) is 10.1 Å². The monoisotopic (exact) mass is 398 g/mol. The molecule has 0 aliphatic heterocycles. The van der Waals surface area contributed by atoms with E-state index in [-0.39, 0.29) is 5.57 Å². The van der Waals surface area contributed by atoms with Crippen molar-refractivity contribution in [2.75, 3.05) is 18.5 Å². The maximum Gasteiger partial charge on any atom is 0.266 e.